The van der Waals surface area contributed by atoms with Gasteiger partial charge in [0.25, 0.3) is 0 Å². The molecule has 1 aromatic heterocycles. The van der Waals surface area contributed by atoms with Crippen LogP contribution in [0.25, 0.3) is 0 Å². The number of para-hydroxylation sites is 1. The van der Waals surface area contributed by atoms with E-state index < -0.39 is 5.97 Å². The number of carbonyl (C=O) groups is 1. The second-order valence-corrected chi connectivity index (χ2v) is 3.64. The fourth-order valence-corrected chi connectivity index (χ4v) is 1.46. The highest BCUT2D eigenvalue weighted by atomic mass is 16.5. The number of benzene rings is 1. The van der Waals surface area contributed by atoms with Crippen LogP contribution in [-0.4, -0.2) is 16.1 Å². The minimum Gasteiger partial charge on any atom is -0.477 e. The number of carboxylic acids is 1. The van der Waals surface area contributed by atoms with Gasteiger partial charge < -0.3 is 15.6 Å². The van der Waals surface area contributed by atoms with E-state index in [1.807, 2.05) is 6.07 Å². The van der Waals surface area contributed by atoms with Gasteiger partial charge in [0.15, 0.2) is 0 Å². The zero-order valence-corrected chi connectivity index (χ0v) is 9.70. The van der Waals surface area contributed by atoms with Gasteiger partial charge in [-0.05, 0) is 18.2 Å². The normalized spacial score (nSPS) is 9.63. The fourth-order valence-electron chi connectivity index (χ4n) is 1.46. The number of nitrogens with zero attached hydrogens (tertiary/aromatic N) is 2. The van der Waals surface area contributed by atoms with Gasteiger partial charge in [0, 0.05) is 0 Å². The van der Waals surface area contributed by atoms with E-state index in [-0.39, 0.29) is 28.4 Å². The summed E-state index contributed by atoms with van der Waals surface area (Å²) in [7, 11) is 0. The Balaban J connectivity index is 2.44. The Hall–Kier alpha value is -3.07. The molecule has 0 aliphatic heterocycles. The lowest BCUT2D eigenvalue weighted by Crippen LogP contribution is -2.04. The highest BCUT2D eigenvalue weighted by molar-refractivity contribution is 5.91. The number of hydrogen-bond donors (Lipinski definition) is 2. The maximum absolute atomic E-state index is 11.1. The number of hydrogen-bond acceptors (Lipinski definition) is 5. The molecular formula is C13H9N3O3. The molecule has 2 aromatic rings. The Morgan fingerprint density at radius 3 is 2.84 bits per heavy atom. The molecule has 0 saturated carbocycles. The lowest BCUT2D eigenvalue weighted by Gasteiger charge is -2.09. The molecule has 94 valence electrons. The summed E-state index contributed by atoms with van der Waals surface area (Å²) >= 11 is 0. The third-order valence-corrected chi connectivity index (χ3v) is 2.32. The zero-order valence-electron chi connectivity index (χ0n) is 9.70. The van der Waals surface area contributed by atoms with Crippen molar-refractivity contribution in [2.75, 3.05) is 5.73 Å². The highest BCUT2D eigenvalue weighted by Crippen LogP contribution is 2.26. The van der Waals surface area contributed by atoms with Crippen molar-refractivity contribution in [2.24, 2.45) is 0 Å². The molecule has 0 unspecified atom stereocenters. The van der Waals surface area contributed by atoms with E-state index in [1.165, 1.54) is 12.3 Å². The van der Waals surface area contributed by atoms with E-state index in [2.05, 4.69) is 4.98 Å². The zero-order chi connectivity index (χ0) is 13.8. The van der Waals surface area contributed by atoms with Crippen molar-refractivity contribution in [3.8, 4) is 17.7 Å². The molecule has 0 aliphatic rings. The van der Waals surface area contributed by atoms with Crippen molar-refractivity contribution in [2.45, 2.75) is 0 Å². The third kappa shape index (κ3) is 2.61. The topological polar surface area (TPSA) is 109 Å². The fraction of sp³-hybridized carbons (Fsp3) is 0. The Bertz CT molecular complexity index is 677. The van der Waals surface area contributed by atoms with Gasteiger partial charge in [0.1, 0.15) is 17.4 Å². The largest absolute Gasteiger partial charge is 0.477 e. The molecule has 2 rings (SSSR count). The van der Waals surface area contributed by atoms with Gasteiger partial charge in [0.2, 0.25) is 5.88 Å². The first kappa shape index (κ1) is 12.4. The first-order valence-corrected chi connectivity index (χ1v) is 5.27. The predicted molar refractivity (Wildman–Crippen MR) is 66.8 cm³/mol. The summed E-state index contributed by atoms with van der Waals surface area (Å²) in [4.78, 5) is 14.9. The summed E-state index contributed by atoms with van der Waals surface area (Å²) in [5, 5.41) is 18.0. The van der Waals surface area contributed by atoms with Crippen LogP contribution in [0.5, 0.6) is 11.6 Å². The molecule has 1 aromatic carbocycles. The van der Waals surface area contributed by atoms with Gasteiger partial charge in [-0.25, -0.2) is 9.78 Å². The van der Waals surface area contributed by atoms with Crippen LogP contribution >= 0.6 is 0 Å². The van der Waals surface area contributed by atoms with Crippen LogP contribution in [0, 0.1) is 11.3 Å². The van der Waals surface area contributed by atoms with Gasteiger partial charge in [-0.1, -0.05) is 12.1 Å². The number of nitrogens with two attached hydrogens (primary N) is 1. The summed E-state index contributed by atoms with van der Waals surface area (Å²) < 4.78 is 5.38. The van der Waals surface area contributed by atoms with E-state index in [0.29, 0.717) is 0 Å². The van der Waals surface area contributed by atoms with Crippen molar-refractivity contribution in [1.82, 2.24) is 4.98 Å². The van der Waals surface area contributed by atoms with Crippen LogP contribution in [0.3, 0.4) is 0 Å². The smallest absolute Gasteiger partial charge is 0.341 e. The van der Waals surface area contributed by atoms with Crippen LogP contribution in [0.1, 0.15) is 15.9 Å². The van der Waals surface area contributed by atoms with Crippen molar-refractivity contribution in [1.29, 1.82) is 5.26 Å². The molecule has 1 heterocycles. The van der Waals surface area contributed by atoms with Gasteiger partial charge in [-0.3, -0.25) is 0 Å². The van der Waals surface area contributed by atoms with Crippen LogP contribution in [-0.2, 0) is 0 Å². The molecule has 3 N–H and O–H groups in total. The van der Waals surface area contributed by atoms with Gasteiger partial charge >= 0.3 is 5.97 Å². The second-order valence-electron chi connectivity index (χ2n) is 3.64. The predicted octanol–water partition coefficient (Wildman–Crippen LogP) is 2.03. The monoisotopic (exact) mass is 255 g/mol. The SMILES string of the molecule is N#Cc1ccccc1Oc1ncc(N)cc1C(=O)O. The summed E-state index contributed by atoms with van der Waals surface area (Å²) in [6.45, 7) is 0. The average molecular weight is 255 g/mol. The van der Waals surface area contributed by atoms with E-state index >= 15 is 0 Å². The van der Waals surface area contributed by atoms with Crippen molar-refractivity contribution in [3.05, 3.63) is 47.7 Å². The van der Waals surface area contributed by atoms with Gasteiger partial charge in [-0.15, -0.1) is 0 Å². The highest BCUT2D eigenvalue weighted by Gasteiger charge is 2.15. The minimum atomic E-state index is -1.20. The number of aromatic nitrogens is 1. The first-order valence-electron chi connectivity index (χ1n) is 5.27. The molecule has 0 atom stereocenters. The van der Waals surface area contributed by atoms with Crippen LogP contribution < -0.4 is 10.5 Å². The lowest BCUT2D eigenvalue weighted by atomic mass is 10.2. The van der Waals surface area contributed by atoms with Gasteiger partial charge in [0.05, 0.1) is 17.4 Å². The summed E-state index contributed by atoms with van der Waals surface area (Å²) in [6, 6.07) is 9.68. The minimum absolute atomic E-state index is 0.107. The molecule has 0 radical (unpaired) electrons. The number of anilines is 1. The molecular weight excluding hydrogens is 246 g/mol. The second kappa shape index (κ2) is 5.06. The third-order valence-electron chi connectivity index (χ3n) is 2.32. The van der Waals surface area contributed by atoms with E-state index in [1.54, 1.807) is 24.3 Å². The average Bonchev–Trinajstić information content (AvgIpc) is 2.41. The maximum atomic E-state index is 11.1. The number of ether oxygens (including phenoxy) is 1. The molecule has 0 amide bonds. The molecule has 0 saturated heterocycles. The standard InChI is InChI=1S/C13H9N3O3/c14-6-8-3-1-2-4-11(8)19-12-10(13(17)18)5-9(15)7-16-12/h1-5,7H,15H2,(H,17,18). The van der Waals surface area contributed by atoms with Crippen molar-refractivity contribution in [3.63, 3.8) is 0 Å². The number of aromatic carboxylic acids is 1. The Kier molecular flexibility index (Phi) is 3.30. The summed E-state index contributed by atoms with van der Waals surface area (Å²) in [5.41, 5.74) is 5.83. The van der Waals surface area contributed by atoms with Crippen LogP contribution in [0.15, 0.2) is 36.5 Å². The molecule has 0 bridgehead atoms. The van der Waals surface area contributed by atoms with E-state index in [0.717, 1.165) is 0 Å². The van der Waals surface area contributed by atoms with Crippen molar-refractivity contribution >= 4 is 11.7 Å². The molecule has 19 heavy (non-hydrogen) atoms. The van der Waals surface area contributed by atoms with Crippen molar-refractivity contribution < 1.29 is 14.6 Å². The summed E-state index contributed by atoms with van der Waals surface area (Å²) in [5.74, 6) is -1.07. The van der Waals surface area contributed by atoms with Crippen LogP contribution in [0.2, 0.25) is 0 Å². The number of nitriles is 1. The molecule has 0 fully saturated rings. The molecule has 0 aliphatic carbocycles. The van der Waals surface area contributed by atoms with E-state index in [9.17, 15) is 4.79 Å². The van der Waals surface area contributed by atoms with Crippen LogP contribution in [0.4, 0.5) is 5.69 Å². The Morgan fingerprint density at radius 1 is 1.42 bits per heavy atom. The molecule has 6 nitrogen and oxygen atoms in total. The Labute approximate surface area is 108 Å². The summed E-state index contributed by atoms with van der Waals surface area (Å²) in [6.07, 6.45) is 1.29. The molecule has 0 spiro atoms. The quantitative estimate of drug-likeness (QED) is 0.868. The Morgan fingerprint density at radius 2 is 2.16 bits per heavy atom. The van der Waals surface area contributed by atoms with E-state index in [4.69, 9.17) is 20.8 Å². The molecule has 6 heteroatoms. The number of nitrogen functional groups attached to an aromatic ring is 1. The number of rotatable bonds is 3. The van der Waals surface area contributed by atoms with Gasteiger partial charge in [-0.2, -0.15) is 5.26 Å². The maximum Gasteiger partial charge on any atom is 0.341 e. The number of pyridine rings is 1. The first-order chi connectivity index (χ1) is 9.11. The number of carboxylic acid groups (broad SMARTS) is 1. The lowest BCUT2D eigenvalue weighted by molar-refractivity contribution is 0.0693.